The van der Waals surface area contributed by atoms with E-state index in [4.69, 9.17) is 4.74 Å². The van der Waals surface area contributed by atoms with E-state index < -0.39 is 0 Å². The molecule has 4 aliphatic rings. The summed E-state index contributed by atoms with van der Waals surface area (Å²) in [4.78, 5) is 0. The smallest absolute Gasteiger partial charge is 0.0577 e. The highest BCUT2D eigenvalue weighted by atomic mass is 16.5. The van der Waals surface area contributed by atoms with Gasteiger partial charge in [0, 0.05) is 13.2 Å². The molecule has 0 aromatic rings. The van der Waals surface area contributed by atoms with Gasteiger partial charge in [-0.25, -0.2) is 0 Å². The Kier molecular flexibility index (Phi) is 5.77. The van der Waals surface area contributed by atoms with Gasteiger partial charge in [-0.15, -0.1) is 0 Å². The minimum Gasteiger partial charge on any atom is -0.393 e. The van der Waals surface area contributed by atoms with Crippen LogP contribution in [0.25, 0.3) is 0 Å². The monoisotopic (exact) mass is 388 g/mol. The van der Waals surface area contributed by atoms with Crippen molar-refractivity contribution in [2.75, 3.05) is 13.2 Å². The van der Waals surface area contributed by atoms with E-state index in [1.807, 2.05) is 0 Å². The second-order valence-corrected chi connectivity index (χ2v) is 11.8. The van der Waals surface area contributed by atoms with Crippen molar-refractivity contribution < 1.29 is 9.84 Å². The lowest BCUT2D eigenvalue weighted by atomic mass is 9.47. The zero-order chi connectivity index (χ0) is 20.1. The van der Waals surface area contributed by atoms with Gasteiger partial charge < -0.3 is 9.84 Å². The van der Waals surface area contributed by atoms with Crippen LogP contribution in [0, 0.1) is 46.3 Å². The number of hydrogen-bond donors (Lipinski definition) is 1. The van der Waals surface area contributed by atoms with Crippen molar-refractivity contribution in [2.24, 2.45) is 46.3 Å². The van der Waals surface area contributed by atoms with Gasteiger partial charge in [0.25, 0.3) is 0 Å². The molecule has 0 saturated heterocycles. The van der Waals surface area contributed by atoms with Gasteiger partial charge in [-0.3, -0.25) is 0 Å². The average molecular weight is 389 g/mol. The summed E-state index contributed by atoms with van der Waals surface area (Å²) in [5.74, 6) is 4.76. The van der Waals surface area contributed by atoms with Gasteiger partial charge in [0.05, 0.1) is 6.10 Å². The van der Waals surface area contributed by atoms with Crippen LogP contribution in [-0.2, 0) is 4.74 Å². The number of rotatable bonds is 5. The first-order valence-electron chi connectivity index (χ1n) is 12.2. The Morgan fingerprint density at radius 2 is 1.82 bits per heavy atom. The maximum absolute atomic E-state index is 10.2. The minimum absolute atomic E-state index is 0.0905. The Bertz CT molecular complexity index is 595. The second kappa shape index (κ2) is 7.73. The number of aliphatic hydroxyl groups is 1. The van der Waals surface area contributed by atoms with E-state index in [0.717, 1.165) is 49.7 Å². The Labute approximate surface area is 173 Å². The summed E-state index contributed by atoms with van der Waals surface area (Å²) in [5.41, 5.74) is 2.48. The molecule has 160 valence electrons. The maximum Gasteiger partial charge on any atom is 0.0577 e. The van der Waals surface area contributed by atoms with Crippen molar-refractivity contribution in [2.45, 2.75) is 92.1 Å². The molecule has 0 bridgehead atoms. The largest absolute Gasteiger partial charge is 0.393 e. The molecule has 0 radical (unpaired) electrons. The fourth-order valence-electron chi connectivity index (χ4n) is 8.22. The average Bonchev–Trinajstić information content (AvgIpc) is 2.99. The predicted molar refractivity (Wildman–Crippen MR) is 116 cm³/mol. The third kappa shape index (κ3) is 3.41. The summed E-state index contributed by atoms with van der Waals surface area (Å²) < 4.78 is 6.06. The van der Waals surface area contributed by atoms with E-state index in [1.54, 1.807) is 5.57 Å². The molecule has 0 aromatic carbocycles. The van der Waals surface area contributed by atoms with Crippen LogP contribution in [0.4, 0.5) is 0 Å². The summed E-state index contributed by atoms with van der Waals surface area (Å²) in [5, 5.41) is 10.2. The van der Waals surface area contributed by atoms with Crippen LogP contribution in [0.15, 0.2) is 11.6 Å². The summed E-state index contributed by atoms with van der Waals surface area (Å²) in [6.45, 7) is 14.0. The van der Waals surface area contributed by atoms with Crippen LogP contribution < -0.4 is 0 Å². The van der Waals surface area contributed by atoms with E-state index in [0.29, 0.717) is 22.7 Å². The number of hydrogen-bond acceptors (Lipinski definition) is 2. The summed E-state index contributed by atoms with van der Waals surface area (Å²) in [7, 11) is 0. The van der Waals surface area contributed by atoms with Crippen LogP contribution in [0.5, 0.6) is 0 Å². The van der Waals surface area contributed by atoms with Crippen molar-refractivity contribution in [1.82, 2.24) is 0 Å². The fourth-order valence-corrected chi connectivity index (χ4v) is 8.22. The van der Waals surface area contributed by atoms with Crippen molar-refractivity contribution in [3.8, 4) is 0 Å². The molecule has 1 unspecified atom stereocenters. The van der Waals surface area contributed by atoms with E-state index in [9.17, 15) is 5.11 Å². The van der Waals surface area contributed by atoms with Gasteiger partial charge in [0.2, 0.25) is 0 Å². The molecule has 0 aromatic heterocycles. The van der Waals surface area contributed by atoms with Gasteiger partial charge >= 0.3 is 0 Å². The Balaban J connectivity index is 1.49. The van der Waals surface area contributed by atoms with Gasteiger partial charge in [0.15, 0.2) is 0 Å². The van der Waals surface area contributed by atoms with E-state index in [1.165, 1.54) is 38.5 Å². The molecular formula is C26H44O2. The summed E-state index contributed by atoms with van der Waals surface area (Å²) >= 11 is 0. The molecule has 0 spiro atoms. The standard InChI is InChI=1S/C26H44O2/c1-17(2)15-28-16-18(3)22-8-9-23-21-7-6-19-14-20(27)10-12-25(19,4)24(21)11-13-26(22,23)5/h6,17-18,20-24,27H,7-16H2,1-5H3/t18?,20-,21-,22+,23-,24-,25-,26+/m0/s1. The lowest BCUT2D eigenvalue weighted by molar-refractivity contribution is -0.0635. The molecule has 3 saturated carbocycles. The number of fused-ring (bicyclic) bond motifs is 5. The highest BCUT2D eigenvalue weighted by molar-refractivity contribution is 5.25. The molecule has 3 fully saturated rings. The lowest BCUT2D eigenvalue weighted by Gasteiger charge is -2.58. The van der Waals surface area contributed by atoms with E-state index >= 15 is 0 Å². The Hall–Kier alpha value is -0.340. The highest BCUT2D eigenvalue weighted by Crippen LogP contribution is 2.67. The SMILES string of the molecule is CC(C)COCC(C)[C@H]1CC[C@H]2[C@@H]3CC=C4C[C@@H](O)CC[C@]4(C)[C@H]3CC[C@]12C. The molecule has 0 amide bonds. The predicted octanol–water partition coefficient (Wildman–Crippen LogP) is 6.24. The summed E-state index contributed by atoms with van der Waals surface area (Å²) in [6, 6.07) is 0. The van der Waals surface area contributed by atoms with E-state index in [2.05, 4.69) is 40.7 Å². The third-order valence-electron chi connectivity index (χ3n) is 9.67. The second-order valence-electron chi connectivity index (χ2n) is 11.8. The minimum atomic E-state index is -0.0905. The molecule has 28 heavy (non-hydrogen) atoms. The molecule has 2 heteroatoms. The molecule has 0 aliphatic heterocycles. The maximum atomic E-state index is 10.2. The molecule has 4 aliphatic carbocycles. The Morgan fingerprint density at radius 3 is 2.57 bits per heavy atom. The highest BCUT2D eigenvalue weighted by Gasteiger charge is 2.59. The fraction of sp³-hybridized carbons (Fsp3) is 0.923. The molecule has 2 nitrogen and oxygen atoms in total. The molecule has 8 atom stereocenters. The number of ether oxygens (including phenoxy) is 1. The van der Waals surface area contributed by atoms with Gasteiger partial charge in [-0.1, -0.05) is 46.3 Å². The molecule has 0 heterocycles. The quantitative estimate of drug-likeness (QED) is 0.565. The third-order valence-corrected chi connectivity index (χ3v) is 9.67. The molecular weight excluding hydrogens is 344 g/mol. The van der Waals surface area contributed by atoms with Crippen LogP contribution in [0.2, 0.25) is 0 Å². The first-order chi connectivity index (χ1) is 13.3. The topological polar surface area (TPSA) is 29.5 Å². The Morgan fingerprint density at radius 1 is 1.04 bits per heavy atom. The first-order valence-corrected chi connectivity index (χ1v) is 12.2. The van der Waals surface area contributed by atoms with Gasteiger partial charge in [-0.05, 0) is 97.7 Å². The van der Waals surface area contributed by atoms with Crippen molar-refractivity contribution in [1.29, 1.82) is 0 Å². The van der Waals surface area contributed by atoms with Crippen molar-refractivity contribution in [3.05, 3.63) is 11.6 Å². The summed E-state index contributed by atoms with van der Waals surface area (Å²) in [6.07, 6.45) is 12.5. The van der Waals surface area contributed by atoms with E-state index in [-0.39, 0.29) is 6.10 Å². The number of aliphatic hydroxyl groups excluding tert-OH is 1. The van der Waals surface area contributed by atoms with Crippen LogP contribution in [0.3, 0.4) is 0 Å². The van der Waals surface area contributed by atoms with Crippen molar-refractivity contribution >= 4 is 0 Å². The normalized spacial score (nSPS) is 46.5. The lowest BCUT2D eigenvalue weighted by Crippen LogP contribution is -2.51. The van der Waals surface area contributed by atoms with Crippen LogP contribution in [-0.4, -0.2) is 24.4 Å². The number of allylic oxidation sites excluding steroid dienone is 1. The molecule has 4 rings (SSSR count). The van der Waals surface area contributed by atoms with Crippen LogP contribution in [0.1, 0.15) is 86.0 Å². The van der Waals surface area contributed by atoms with Crippen LogP contribution >= 0.6 is 0 Å². The van der Waals surface area contributed by atoms with Crippen molar-refractivity contribution in [3.63, 3.8) is 0 Å². The molecule has 1 N–H and O–H groups in total. The zero-order valence-electron chi connectivity index (χ0n) is 19.0. The van der Waals surface area contributed by atoms with Gasteiger partial charge in [0.1, 0.15) is 0 Å². The first kappa shape index (κ1) is 20.9. The van der Waals surface area contributed by atoms with Gasteiger partial charge in [-0.2, -0.15) is 0 Å². The zero-order valence-corrected chi connectivity index (χ0v) is 19.0.